The number of rotatable bonds is 7. The van der Waals surface area contributed by atoms with Gasteiger partial charge in [0.15, 0.2) is 6.10 Å². The second-order valence-corrected chi connectivity index (χ2v) is 8.97. The summed E-state index contributed by atoms with van der Waals surface area (Å²) in [6, 6.07) is 14.7. The molecule has 1 aliphatic carbocycles. The Labute approximate surface area is 197 Å². The largest absolute Gasteiger partial charge is 0.481 e. The summed E-state index contributed by atoms with van der Waals surface area (Å²) in [5.41, 5.74) is 2.34. The third-order valence-corrected chi connectivity index (χ3v) is 6.63. The van der Waals surface area contributed by atoms with Crippen molar-refractivity contribution < 1.29 is 23.8 Å². The molecule has 7 heteroatoms. The highest BCUT2D eigenvalue weighted by molar-refractivity contribution is 5.95. The summed E-state index contributed by atoms with van der Waals surface area (Å²) in [5, 5.41) is 12.8. The Balaban J connectivity index is 1.45. The summed E-state index contributed by atoms with van der Waals surface area (Å²) in [5.74, 6) is -0.487. The Hall–Kier alpha value is -3.61. The zero-order valence-electron chi connectivity index (χ0n) is 19.4. The summed E-state index contributed by atoms with van der Waals surface area (Å²) in [6.07, 6.45) is 2.14. The van der Waals surface area contributed by atoms with Gasteiger partial charge in [0, 0.05) is 23.6 Å². The smallest absolute Gasteiger partial charge is 0.336 e. The standard InChI is InChI=1S/C27H29NO6/c1-16-23(33-17(2)26(30)28-15-18-8-10-20(11-9-18)27(31)32)13-12-21-22(14-24(29)34-25(16)21)19-6-4-3-5-7-19/h3-7,12-14,17-18,20H,8-11,15H2,1-2H3,(H,28,30)(H,31,32)/t17-,18?,20?/m1/s1. The van der Waals surface area contributed by atoms with E-state index in [2.05, 4.69) is 5.32 Å². The summed E-state index contributed by atoms with van der Waals surface area (Å²) >= 11 is 0. The van der Waals surface area contributed by atoms with Gasteiger partial charge in [0.25, 0.3) is 5.91 Å². The fourth-order valence-electron chi connectivity index (χ4n) is 4.57. The van der Waals surface area contributed by atoms with E-state index in [0.29, 0.717) is 36.3 Å². The van der Waals surface area contributed by atoms with Crippen molar-refractivity contribution in [3.63, 3.8) is 0 Å². The molecule has 0 spiro atoms. The molecule has 0 saturated heterocycles. The van der Waals surface area contributed by atoms with Crippen molar-refractivity contribution in [3.05, 3.63) is 64.5 Å². The molecule has 0 aliphatic heterocycles. The van der Waals surface area contributed by atoms with Gasteiger partial charge in [-0.15, -0.1) is 0 Å². The van der Waals surface area contributed by atoms with Gasteiger partial charge in [0.1, 0.15) is 11.3 Å². The average molecular weight is 464 g/mol. The molecule has 0 bridgehead atoms. The molecule has 1 atom stereocenters. The number of amides is 1. The molecule has 7 nitrogen and oxygen atoms in total. The maximum atomic E-state index is 12.6. The minimum Gasteiger partial charge on any atom is -0.481 e. The quantitative estimate of drug-likeness (QED) is 0.498. The number of nitrogens with one attached hydrogen (secondary N) is 1. The summed E-state index contributed by atoms with van der Waals surface area (Å²) in [4.78, 5) is 36.0. The molecule has 1 aliphatic rings. The zero-order valence-corrected chi connectivity index (χ0v) is 19.4. The van der Waals surface area contributed by atoms with Gasteiger partial charge in [0.2, 0.25) is 0 Å². The van der Waals surface area contributed by atoms with E-state index < -0.39 is 17.7 Å². The molecule has 178 valence electrons. The number of fused-ring (bicyclic) bond motifs is 1. The predicted octanol–water partition coefficient (Wildman–Crippen LogP) is 4.54. The lowest BCUT2D eigenvalue weighted by Crippen LogP contribution is -2.39. The minimum atomic E-state index is -0.740. The first-order chi connectivity index (χ1) is 16.3. The lowest BCUT2D eigenvalue weighted by Gasteiger charge is -2.26. The van der Waals surface area contributed by atoms with Gasteiger partial charge >= 0.3 is 11.6 Å². The second-order valence-electron chi connectivity index (χ2n) is 8.97. The molecule has 34 heavy (non-hydrogen) atoms. The molecule has 0 unspecified atom stereocenters. The number of carboxylic acid groups (broad SMARTS) is 1. The third-order valence-electron chi connectivity index (χ3n) is 6.63. The van der Waals surface area contributed by atoms with Gasteiger partial charge in [-0.05, 0) is 68.7 Å². The van der Waals surface area contributed by atoms with Gasteiger partial charge in [-0.2, -0.15) is 0 Å². The maximum Gasteiger partial charge on any atom is 0.336 e. The van der Waals surface area contributed by atoms with Gasteiger partial charge in [0.05, 0.1) is 5.92 Å². The highest BCUT2D eigenvalue weighted by Crippen LogP contribution is 2.33. The van der Waals surface area contributed by atoms with Crippen LogP contribution >= 0.6 is 0 Å². The zero-order chi connectivity index (χ0) is 24.2. The van der Waals surface area contributed by atoms with Crippen LogP contribution in [0.2, 0.25) is 0 Å². The lowest BCUT2D eigenvalue weighted by atomic mass is 9.82. The number of carbonyl (C=O) groups excluding carboxylic acids is 1. The Kier molecular flexibility index (Phi) is 7.01. The maximum absolute atomic E-state index is 12.6. The Morgan fingerprint density at radius 3 is 2.50 bits per heavy atom. The van der Waals surface area contributed by atoms with Crippen molar-refractivity contribution in [2.45, 2.75) is 45.6 Å². The van der Waals surface area contributed by atoms with Crippen LogP contribution < -0.4 is 15.7 Å². The highest BCUT2D eigenvalue weighted by Gasteiger charge is 2.27. The van der Waals surface area contributed by atoms with E-state index in [4.69, 9.17) is 14.3 Å². The number of hydrogen-bond acceptors (Lipinski definition) is 5. The number of carbonyl (C=O) groups is 2. The van der Waals surface area contributed by atoms with Gasteiger partial charge < -0.3 is 19.6 Å². The first-order valence-electron chi connectivity index (χ1n) is 11.6. The highest BCUT2D eigenvalue weighted by atomic mass is 16.5. The summed E-state index contributed by atoms with van der Waals surface area (Å²) < 4.78 is 11.4. The van der Waals surface area contributed by atoms with Crippen molar-refractivity contribution in [3.8, 4) is 16.9 Å². The lowest BCUT2D eigenvalue weighted by molar-refractivity contribution is -0.143. The molecule has 1 saturated carbocycles. The van der Waals surface area contributed by atoms with E-state index in [1.807, 2.05) is 36.4 Å². The molecule has 2 aromatic carbocycles. The molecule has 1 amide bonds. The fraction of sp³-hybridized carbons (Fsp3) is 0.370. The van der Waals surface area contributed by atoms with Crippen LogP contribution in [0.15, 0.2) is 57.7 Å². The van der Waals surface area contributed by atoms with E-state index in [1.165, 1.54) is 6.07 Å². The molecule has 0 radical (unpaired) electrons. The number of hydrogen-bond donors (Lipinski definition) is 2. The molecule has 4 rings (SSSR count). The van der Waals surface area contributed by atoms with E-state index >= 15 is 0 Å². The normalized spacial score (nSPS) is 18.9. The monoisotopic (exact) mass is 463 g/mol. The number of aliphatic carboxylic acids is 1. The van der Waals surface area contributed by atoms with E-state index in [-0.39, 0.29) is 17.7 Å². The Morgan fingerprint density at radius 1 is 1.12 bits per heavy atom. The molecular weight excluding hydrogens is 434 g/mol. The first kappa shape index (κ1) is 23.5. The van der Waals surface area contributed by atoms with Crippen LogP contribution in [-0.4, -0.2) is 29.6 Å². The van der Waals surface area contributed by atoms with E-state index in [0.717, 1.165) is 29.4 Å². The van der Waals surface area contributed by atoms with Crippen molar-refractivity contribution in [1.29, 1.82) is 0 Å². The van der Waals surface area contributed by atoms with Crippen LogP contribution in [0, 0.1) is 18.8 Å². The molecule has 1 aromatic heterocycles. The fourth-order valence-corrected chi connectivity index (χ4v) is 4.57. The van der Waals surface area contributed by atoms with Crippen LogP contribution in [0.5, 0.6) is 5.75 Å². The first-order valence-corrected chi connectivity index (χ1v) is 11.6. The van der Waals surface area contributed by atoms with E-state index in [1.54, 1.807) is 19.9 Å². The Bertz CT molecular complexity index is 1240. The number of ether oxygens (including phenoxy) is 1. The summed E-state index contributed by atoms with van der Waals surface area (Å²) in [7, 11) is 0. The number of benzene rings is 2. The molecule has 1 heterocycles. The van der Waals surface area contributed by atoms with Crippen molar-refractivity contribution in [1.82, 2.24) is 5.32 Å². The SMILES string of the molecule is Cc1c(O[C@H](C)C(=O)NCC2CCC(C(=O)O)CC2)ccc2c(-c3ccccc3)cc(=O)oc12. The van der Waals surface area contributed by atoms with Crippen LogP contribution in [0.3, 0.4) is 0 Å². The van der Waals surface area contributed by atoms with E-state index in [9.17, 15) is 14.4 Å². The second kappa shape index (κ2) is 10.1. The summed E-state index contributed by atoms with van der Waals surface area (Å²) in [6.45, 7) is 3.99. The van der Waals surface area contributed by atoms with Crippen molar-refractivity contribution >= 4 is 22.8 Å². The topological polar surface area (TPSA) is 106 Å². The van der Waals surface area contributed by atoms with Gasteiger partial charge in [-0.3, -0.25) is 9.59 Å². The molecule has 1 fully saturated rings. The van der Waals surface area contributed by atoms with Crippen molar-refractivity contribution in [2.24, 2.45) is 11.8 Å². The predicted molar refractivity (Wildman–Crippen MR) is 129 cm³/mol. The van der Waals surface area contributed by atoms with Crippen LogP contribution in [0.4, 0.5) is 0 Å². The third kappa shape index (κ3) is 5.14. The van der Waals surface area contributed by atoms with Crippen LogP contribution in [0.1, 0.15) is 38.2 Å². The van der Waals surface area contributed by atoms with Crippen LogP contribution in [0.25, 0.3) is 22.1 Å². The van der Waals surface area contributed by atoms with Gasteiger partial charge in [-0.25, -0.2) is 4.79 Å². The number of carboxylic acids is 1. The Morgan fingerprint density at radius 2 is 1.82 bits per heavy atom. The molecule has 3 aromatic rings. The average Bonchev–Trinajstić information content (AvgIpc) is 2.84. The van der Waals surface area contributed by atoms with Gasteiger partial charge in [-0.1, -0.05) is 30.3 Å². The molecular formula is C27H29NO6. The minimum absolute atomic E-state index is 0.237. The van der Waals surface area contributed by atoms with Crippen molar-refractivity contribution in [2.75, 3.05) is 6.54 Å². The molecule has 2 N–H and O–H groups in total. The van der Waals surface area contributed by atoms with Crippen LogP contribution in [-0.2, 0) is 9.59 Å². The number of aryl methyl sites for hydroxylation is 1.